The first kappa shape index (κ1) is 15.9. The largest absolute Gasteiger partial charge is 0.399 e. The summed E-state index contributed by atoms with van der Waals surface area (Å²) in [4.78, 5) is 24.1. The average Bonchev–Trinajstić information content (AvgIpc) is 2.50. The lowest BCUT2D eigenvalue weighted by atomic mass is 10.2. The topological polar surface area (TPSA) is 98.2 Å². The SMILES string of the molecule is CC(Sc1ccc(N)cc1)C(=O)Nc1ccc(C(N)=O)cc1. The van der Waals surface area contributed by atoms with Crippen LogP contribution in [0, 0.1) is 0 Å². The number of benzene rings is 2. The minimum atomic E-state index is -0.495. The summed E-state index contributed by atoms with van der Waals surface area (Å²) in [6.07, 6.45) is 0. The molecule has 114 valence electrons. The molecule has 0 aliphatic heterocycles. The van der Waals surface area contributed by atoms with Crippen LogP contribution in [0.5, 0.6) is 0 Å². The standard InChI is InChI=1S/C16H17N3O2S/c1-10(22-14-8-4-12(17)5-9-14)16(21)19-13-6-2-11(3-7-13)15(18)20/h2-10H,17H2,1H3,(H2,18,20)(H,19,21). The van der Waals surface area contributed by atoms with Crippen LogP contribution in [0.2, 0.25) is 0 Å². The van der Waals surface area contributed by atoms with Crippen LogP contribution in [0.15, 0.2) is 53.4 Å². The summed E-state index contributed by atoms with van der Waals surface area (Å²) < 4.78 is 0. The zero-order valence-corrected chi connectivity index (χ0v) is 12.9. The van der Waals surface area contributed by atoms with Gasteiger partial charge in [-0.1, -0.05) is 0 Å². The molecule has 2 rings (SSSR count). The molecule has 5 N–H and O–H groups in total. The van der Waals surface area contributed by atoms with Gasteiger partial charge in [-0.05, 0) is 55.5 Å². The molecule has 2 aromatic rings. The van der Waals surface area contributed by atoms with Crippen molar-refractivity contribution in [2.24, 2.45) is 5.73 Å². The third-order valence-electron chi connectivity index (χ3n) is 3.00. The van der Waals surface area contributed by atoms with E-state index in [2.05, 4.69) is 5.32 Å². The van der Waals surface area contributed by atoms with Gasteiger partial charge in [0.15, 0.2) is 0 Å². The van der Waals surface area contributed by atoms with Crippen LogP contribution in [-0.2, 0) is 4.79 Å². The molecule has 0 spiro atoms. The van der Waals surface area contributed by atoms with Gasteiger partial charge in [0.2, 0.25) is 11.8 Å². The van der Waals surface area contributed by atoms with Crippen LogP contribution in [0.3, 0.4) is 0 Å². The highest BCUT2D eigenvalue weighted by Crippen LogP contribution is 2.25. The predicted octanol–water partition coefficient (Wildman–Crippen LogP) is 2.49. The first-order valence-corrected chi connectivity index (χ1v) is 7.56. The van der Waals surface area contributed by atoms with Gasteiger partial charge in [-0.3, -0.25) is 9.59 Å². The molecule has 5 nitrogen and oxygen atoms in total. The Morgan fingerprint density at radius 1 is 1.05 bits per heavy atom. The molecule has 0 heterocycles. The summed E-state index contributed by atoms with van der Waals surface area (Å²) in [6.45, 7) is 1.83. The minimum Gasteiger partial charge on any atom is -0.399 e. The van der Waals surface area contributed by atoms with Gasteiger partial charge in [0.1, 0.15) is 0 Å². The Morgan fingerprint density at radius 2 is 1.64 bits per heavy atom. The first-order chi connectivity index (χ1) is 10.5. The lowest BCUT2D eigenvalue weighted by Crippen LogP contribution is -2.22. The van der Waals surface area contributed by atoms with E-state index in [9.17, 15) is 9.59 Å². The summed E-state index contributed by atoms with van der Waals surface area (Å²) in [5, 5.41) is 2.54. The van der Waals surface area contributed by atoms with E-state index in [0.29, 0.717) is 16.9 Å². The predicted molar refractivity (Wildman–Crippen MR) is 89.8 cm³/mol. The maximum absolute atomic E-state index is 12.2. The lowest BCUT2D eigenvalue weighted by Gasteiger charge is -2.12. The first-order valence-electron chi connectivity index (χ1n) is 6.68. The number of thioether (sulfide) groups is 1. The van der Waals surface area contributed by atoms with Gasteiger partial charge < -0.3 is 16.8 Å². The van der Waals surface area contributed by atoms with Gasteiger partial charge in [0, 0.05) is 21.8 Å². The molecule has 0 aliphatic carbocycles. The van der Waals surface area contributed by atoms with Gasteiger partial charge in [-0.25, -0.2) is 0 Å². The van der Waals surface area contributed by atoms with E-state index in [1.54, 1.807) is 36.4 Å². The van der Waals surface area contributed by atoms with E-state index in [1.165, 1.54) is 11.8 Å². The summed E-state index contributed by atoms with van der Waals surface area (Å²) in [6, 6.07) is 13.8. The molecule has 0 fully saturated rings. The molecule has 0 saturated heterocycles. The highest BCUT2D eigenvalue weighted by atomic mass is 32.2. The Balaban J connectivity index is 1.95. The zero-order valence-electron chi connectivity index (χ0n) is 12.1. The lowest BCUT2D eigenvalue weighted by molar-refractivity contribution is -0.115. The number of hydrogen-bond acceptors (Lipinski definition) is 4. The summed E-state index contributed by atoms with van der Waals surface area (Å²) in [5.74, 6) is -0.612. The third kappa shape index (κ3) is 4.26. The van der Waals surface area contributed by atoms with Crippen molar-refractivity contribution in [3.05, 3.63) is 54.1 Å². The van der Waals surface area contributed by atoms with Crippen LogP contribution in [0.4, 0.5) is 11.4 Å². The molecule has 22 heavy (non-hydrogen) atoms. The highest BCUT2D eigenvalue weighted by molar-refractivity contribution is 8.00. The second kappa shape index (κ2) is 7.00. The molecule has 2 aromatic carbocycles. The van der Waals surface area contributed by atoms with Crippen molar-refractivity contribution in [1.29, 1.82) is 0 Å². The number of anilines is 2. The number of nitrogens with two attached hydrogens (primary N) is 2. The number of primary amides is 1. The molecule has 0 radical (unpaired) electrons. The number of rotatable bonds is 5. The third-order valence-corrected chi connectivity index (χ3v) is 4.11. The van der Waals surface area contributed by atoms with Crippen molar-refractivity contribution in [2.45, 2.75) is 17.1 Å². The minimum absolute atomic E-state index is 0.117. The molecule has 2 amide bonds. The van der Waals surface area contributed by atoms with E-state index >= 15 is 0 Å². The fourth-order valence-electron chi connectivity index (χ4n) is 1.77. The molecule has 1 unspecified atom stereocenters. The number of nitrogen functional groups attached to an aromatic ring is 1. The quantitative estimate of drug-likeness (QED) is 0.583. The van der Waals surface area contributed by atoms with E-state index < -0.39 is 5.91 Å². The maximum Gasteiger partial charge on any atom is 0.248 e. The van der Waals surface area contributed by atoms with Crippen LogP contribution in [0.1, 0.15) is 17.3 Å². The molecule has 0 aromatic heterocycles. The van der Waals surface area contributed by atoms with Crippen LogP contribution < -0.4 is 16.8 Å². The Kier molecular flexibility index (Phi) is 5.06. The smallest absolute Gasteiger partial charge is 0.248 e. The second-order valence-corrected chi connectivity index (χ2v) is 6.17. The van der Waals surface area contributed by atoms with Crippen molar-refractivity contribution in [2.75, 3.05) is 11.1 Å². The number of carbonyl (C=O) groups excluding carboxylic acids is 2. The van der Waals surface area contributed by atoms with Gasteiger partial charge >= 0.3 is 0 Å². The molecular weight excluding hydrogens is 298 g/mol. The molecular formula is C16H17N3O2S. The second-order valence-electron chi connectivity index (χ2n) is 4.76. The van der Waals surface area contributed by atoms with Crippen molar-refractivity contribution < 1.29 is 9.59 Å². The Morgan fingerprint density at radius 3 is 2.18 bits per heavy atom. The number of amides is 2. The molecule has 1 atom stereocenters. The average molecular weight is 315 g/mol. The fourth-order valence-corrected chi connectivity index (χ4v) is 2.63. The maximum atomic E-state index is 12.2. The number of hydrogen-bond donors (Lipinski definition) is 3. The fraction of sp³-hybridized carbons (Fsp3) is 0.125. The molecule has 6 heteroatoms. The highest BCUT2D eigenvalue weighted by Gasteiger charge is 2.14. The Bertz CT molecular complexity index is 669. The van der Waals surface area contributed by atoms with E-state index in [-0.39, 0.29) is 11.2 Å². The monoisotopic (exact) mass is 315 g/mol. The van der Waals surface area contributed by atoms with Gasteiger partial charge in [-0.15, -0.1) is 11.8 Å². The van der Waals surface area contributed by atoms with Crippen molar-refractivity contribution in [3.63, 3.8) is 0 Å². The summed E-state index contributed by atoms with van der Waals surface area (Å²) in [7, 11) is 0. The normalized spacial score (nSPS) is 11.7. The Hall–Kier alpha value is -2.47. The number of nitrogens with one attached hydrogen (secondary N) is 1. The zero-order chi connectivity index (χ0) is 16.1. The Labute approximate surface area is 133 Å². The van der Waals surface area contributed by atoms with E-state index in [0.717, 1.165) is 4.90 Å². The van der Waals surface area contributed by atoms with E-state index in [1.807, 2.05) is 19.1 Å². The van der Waals surface area contributed by atoms with Crippen LogP contribution in [0.25, 0.3) is 0 Å². The van der Waals surface area contributed by atoms with Crippen LogP contribution >= 0.6 is 11.8 Å². The van der Waals surface area contributed by atoms with Crippen molar-refractivity contribution in [1.82, 2.24) is 0 Å². The van der Waals surface area contributed by atoms with Crippen molar-refractivity contribution in [3.8, 4) is 0 Å². The van der Waals surface area contributed by atoms with Gasteiger partial charge in [0.05, 0.1) is 5.25 Å². The summed E-state index contributed by atoms with van der Waals surface area (Å²) in [5.41, 5.74) is 12.5. The van der Waals surface area contributed by atoms with E-state index in [4.69, 9.17) is 11.5 Å². The summed E-state index contributed by atoms with van der Waals surface area (Å²) >= 11 is 1.45. The number of carbonyl (C=O) groups is 2. The molecule has 0 aliphatic rings. The van der Waals surface area contributed by atoms with Crippen LogP contribution in [-0.4, -0.2) is 17.1 Å². The molecule has 0 bridgehead atoms. The molecule has 0 saturated carbocycles. The van der Waals surface area contributed by atoms with Crippen molar-refractivity contribution >= 4 is 35.0 Å². The van der Waals surface area contributed by atoms with Gasteiger partial charge in [-0.2, -0.15) is 0 Å². The van der Waals surface area contributed by atoms with Gasteiger partial charge in [0.25, 0.3) is 0 Å².